The van der Waals surface area contributed by atoms with Crippen LogP contribution in [0.15, 0.2) is 0 Å². The first-order valence-corrected chi connectivity index (χ1v) is 5.28. The van der Waals surface area contributed by atoms with Crippen LogP contribution in [0.4, 0.5) is 0 Å². The van der Waals surface area contributed by atoms with E-state index < -0.39 is 28.2 Å². The molecule has 0 spiro atoms. The predicted octanol–water partition coefficient (Wildman–Crippen LogP) is -0.197. The zero-order valence-electron chi connectivity index (χ0n) is 7.53. The molecule has 1 unspecified atom stereocenters. The van der Waals surface area contributed by atoms with Crippen molar-refractivity contribution in [2.45, 2.75) is 19.9 Å². The van der Waals surface area contributed by atoms with E-state index in [-0.39, 0.29) is 0 Å². The summed E-state index contributed by atoms with van der Waals surface area (Å²) >= 11 is 0. The third kappa shape index (κ3) is 3.32. The van der Waals surface area contributed by atoms with Crippen LogP contribution in [0.2, 0.25) is 0 Å². The van der Waals surface area contributed by atoms with Crippen molar-refractivity contribution < 1.29 is 14.1 Å². The molecule has 0 saturated carbocycles. The fraction of sp³-hybridized carbons (Fsp3) is 0.857. The van der Waals surface area contributed by atoms with Crippen molar-refractivity contribution in [2.75, 3.05) is 12.0 Å². The minimum absolute atomic E-state index is 0.306. The second-order valence-electron chi connectivity index (χ2n) is 3.52. The van der Waals surface area contributed by atoms with Gasteiger partial charge in [-0.1, -0.05) is 13.8 Å². The molecular formula is C7H15NO3S. The van der Waals surface area contributed by atoms with Gasteiger partial charge in [-0.15, -0.1) is 0 Å². The number of rotatable bonds is 4. The Hall–Kier alpha value is -0.420. The molecule has 0 bridgehead atoms. The summed E-state index contributed by atoms with van der Waals surface area (Å²) in [6.45, 7) is 3.40. The number of hydrogen-bond acceptors (Lipinski definition) is 3. The van der Waals surface area contributed by atoms with E-state index in [0.29, 0.717) is 5.75 Å². The Kier molecular flexibility index (Phi) is 3.86. The van der Waals surface area contributed by atoms with Gasteiger partial charge in [0.15, 0.2) is 0 Å². The number of carboxylic acids is 1. The van der Waals surface area contributed by atoms with Crippen LogP contribution < -0.4 is 5.73 Å². The fourth-order valence-corrected chi connectivity index (χ4v) is 2.18. The molecule has 4 nitrogen and oxygen atoms in total. The van der Waals surface area contributed by atoms with Crippen LogP contribution in [0, 0.1) is 5.41 Å². The third-order valence-corrected chi connectivity index (χ3v) is 2.83. The maximum absolute atomic E-state index is 10.8. The van der Waals surface area contributed by atoms with Crippen LogP contribution >= 0.6 is 0 Å². The molecule has 0 aliphatic carbocycles. The van der Waals surface area contributed by atoms with Gasteiger partial charge < -0.3 is 10.8 Å². The summed E-state index contributed by atoms with van der Waals surface area (Å²) in [5, 5.41) is 8.61. The highest BCUT2D eigenvalue weighted by Gasteiger charge is 2.32. The second kappa shape index (κ2) is 4.00. The van der Waals surface area contributed by atoms with Crippen molar-refractivity contribution >= 4 is 16.8 Å². The van der Waals surface area contributed by atoms with Crippen molar-refractivity contribution in [3.63, 3.8) is 0 Å². The first-order valence-electron chi connectivity index (χ1n) is 3.56. The smallest absolute Gasteiger partial charge is 0.321 e. The zero-order chi connectivity index (χ0) is 9.94. The summed E-state index contributed by atoms with van der Waals surface area (Å²) in [4.78, 5) is 10.5. The van der Waals surface area contributed by atoms with E-state index in [1.807, 2.05) is 0 Å². The standard InChI is InChI=1S/C7H15NO3S/c1-7(2,4-12(3)11)5(8)6(9)10/h5H,4,8H2,1-3H3,(H,9,10)/t5-,12?/m1/s1. The molecule has 0 fully saturated rings. The SMILES string of the molecule is CS(=O)CC(C)(C)[C@H](N)C(=O)O. The van der Waals surface area contributed by atoms with Gasteiger partial charge in [-0.25, -0.2) is 0 Å². The molecule has 12 heavy (non-hydrogen) atoms. The van der Waals surface area contributed by atoms with E-state index in [1.165, 1.54) is 6.26 Å². The minimum atomic E-state index is -1.05. The molecule has 5 heteroatoms. The van der Waals surface area contributed by atoms with Crippen molar-refractivity contribution in [3.05, 3.63) is 0 Å². The Balaban J connectivity index is 4.38. The van der Waals surface area contributed by atoms with Gasteiger partial charge in [-0.3, -0.25) is 9.00 Å². The Labute approximate surface area is 74.6 Å². The van der Waals surface area contributed by atoms with Gasteiger partial charge in [0.25, 0.3) is 0 Å². The molecule has 3 N–H and O–H groups in total. The molecule has 0 heterocycles. The van der Waals surface area contributed by atoms with Crippen LogP contribution in [-0.2, 0) is 15.6 Å². The zero-order valence-corrected chi connectivity index (χ0v) is 8.35. The fourth-order valence-electron chi connectivity index (χ4n) is 0.948. The molecule has 0 rings (SSSR count). The van der Waals surface area contributed by atoms with E-state index in [1.54, 1.807) is 13.8 Å². The monoisotopic (exact) mass is 193 g/mol. The number of carboxylic acid groups (broad SMARTS) is 1. The van der Waals surface area contributed by atoms with E-state index in [9.17, 15) is 9.00 Å². The third-order valence-electron chi connectivity index (χ3n) is 1.68. The molecule has 0 aliphatic rings. The molecular weight excluding hydrogens is 178 g/mol. The van der Waals surface area contributed by atoms with Crippen LogP contribution in [0.25, 0.3) is 0 Å². The Morgan fingerprint density at radius 1 is 1.67 bits per heavy atom. The maximum atomic E-state index is 10.8. The number of carbonyl (C=O) groups is 1. The summed E-state index contributed by atoms with van der Waals surface area (Å²) in [6, 6.07) is -0.957. The van der Waals surface area contributed by atoms with E-state index in [2.05, 4.69) is 0 Å². The van der Waals surface area contributed by atoms with Gasteiger partial charge in [0.1, 0.15) is 6.04 Å². The van der Waals surface area contributed by atoms with Crippen molar-refractivity contribution in [1.82, 2.24) is 0 Å². The topological polar surface area (TPSA) is 80.4 Å². The lowest BCUT2D eigenvalue weighted by atomic mass is 9.87. The first kappa shape index (κ1) is 11.6. The highest BCUT2D eigenvalue weighted by atomic mass is 32.2. The van der Waals surface area contributed by atoms with Gasteiger partial charge in [0, 0.05) is 28.2 Å². The highest BCUT2D eigenvalue weighted by Crippen LogP contribution is 2.20. The van der Waals surface area contributed by atoms with Gasteiger partial charge in [-0.2, -0.15) is 0 Å². The normalized spacial score (nSPS) is 17.0. The number of nitrogens with two attached hydrogens (primary N) is 1. The lowest BCUT2D eigenvalue weighted by Crippen LogP contribution is -2.46. The largest absolute Gasteiger partial charge is 0.480 e. The van der Waals surface area contributed by atoms with Crippen molar-refractivity contribution in [3.8, 4) is 0 Å². The second-order valence-corrected chi connectivity index (χ2v) is 4.96. The summed E-state index contributed by atoms with van der Waals surface area (Å²) in [5.74, 6) is -0.744. The predicted molar refractivity (Wildman–Crippen MR) is 48.3 cm³/mol. The molecule has 0 amide bonds. The Morgan fingerprint density at radius 3 is 2.33 bits per heavy atom. The van der Waals surface area contributed by atoms with Crippen LogP contribution in [0.1, 0.15) is 13.8 Å². The van der Waals surface area contributed by atoms with Crippen LogP contribution in [0.3, 0.4) is 0 Å². The van der Waals surface area contributed by atoms with Crippen molar-refractivity contribution in [1.29, 1.82) is 0 Å². The van der Waals surface area contributed by atoms with Gasteiger partial charge in [-0.05, 0) is 0 Å². The van der Waals surface area contributed by atoms with Gasteiger partial charge in [0.2, 0.25) is 0 Å². The van der Waals surface area contributed by atoms with E-state index in [4.69, 9.17) is 10.8 Å². The molecule has 0 saturated heterocycles. The molecule has 0 aromatic heterocycles. The highest BCUT2D eigenvalue weighted by molar-refractivity contribution is 7.84. The number of hydrogen-bond donors (Lipinski definition) is 2. The summed E-state index contributed by atoms with van der Waals surface area (Å²) < 4.78 is 10.8. The van der Waals surface area contributed by atoms with Crippen LogP contribution in [-0.4, -0.2) is 33.3 Å². The maximum Gasteiger partial charge on any atom is 0.321 e. The molecule has 0 aromatic carbocycles. The van der Waals surface area contributed by atoms with E-state index in [0.717, 1.165) is 0 Å². The molecule has 0 aromatic rings. The summed E-state index contributed by atoms with van der Waals surface area (Å²) in [7, 11) is -1.02. The van der Waals surface area contributed by atoms with Crippen molar-refractivity contribution in [2.24, 2.45) is 11.1 Å². The summed E-state index contributed by atoms with van der Waals surface area (Å²) in [5.41, 5.74) is 4.79. The molecule has 0 aliphatic heterocycles. The molecule has 72 valence electrons. The van der Waals surface area contributed by atoms with Crippen LogP contribution in [0.5, 0.6) is 0 Å². The van der Waals surface area contributed by atoms with Gasteiger partial charge >= 0.3 is 5.97 Å². The van der Waals surface area contributed by atoms with E-state index >= 15 is 0 Å². The average Bonchev–Trinajstić information content (AvgIpc) is 1.82. The van der Waals surface area contributed by atoms with Gasteiger partial charge in [0.05, 0.1) is 0 Å². The minimum Gasteiger partial charge on any atom is -0.480 e. The Morgan fingerprint density at radius 2 is 2.08 bits per heavy atom. The molecule has 0 radical (unpaired) electrons. The lowest BCUT2D eigenvalue weighted by molar-refractivity contribution is -0.140. The Bertz CT molecular complexity index is 203. The molecule has 2 atom stereocenters. The summed E-state index contributed by atoms with van der Waals surface area (Å²) in [6.07, 6.45) is 1.54. The quantitative estimate of drug-likeness (QED) is 0.648. The average molecular weight is 193 g/mol. The lowest BCUT2D eigenvalue weighted by Gasteiger charge is -2.27. The number of aliphatic carboxylic acids is 1. The first-order chi connectivity index (χ1) is 5.27.